The molecular weight excluding hydrogens is 484 g/mol. The predicted octanol–water partition coefficient (Wildman–Crippen LogP) is 3.96. The van der Waals surface area contributed by atoms with Gasteiger partial charge in [0, 0.05) is 12.1 Å². The van der Waals surface area contributed by atoms with Gasteiger partial charge in [0.1, 0.15) is 12.8 Å². The highest BCUT2D eigenvalue weighted by Gasteiger charge is 2.12. The van der Waals surface area contributed by atoms with Crippen molar-refractivity contribution in [3.63, 3.8) is 0 Å². The Hall–Kier alpha value is -2.53. The fraction of sp³-hybridized carbons (Fsp3) is 0.400. The summed E-state index contributed by atoms with van der Waals surface area (Å²) < 4.78 is 2.86. The molecule has 0 fully saturated rings. The van der Waals surface area contributed by atoms with E-state index in [4.69, 9.17) is 15.6 Å². The molecule has 0 saturated carbocycles. The second kappa shape index (κ2) is 23.2. The average molecular weight is 525 g/mol. The van der Waals surface area contributed by atoms with Crippen molar-refractivity contribution in [2.75, 3.05) is 30.4 Å². The number of hydrogen-bond donors (Lipinski definition) is 6. The number of benzene rings is 2. The third kappa shape index (κ3) is 16.7. The van der Waals surface area contributed by atoms with E-state index in [1.165, 1.54) is 16.7 Å². The van der Waals surface area contributed by atoms with E-state index in [0.717, 1.165) is 17.9 Å². The number of amides is 1. The minimum atomic E-state index is -0.767. The third-order valence-corrected chi connectivity index (χ3v) is 5.39. The van der Waals surface area contributed by atoms with Crippen molar-refractivity contribution in [3.05, 3.63) is 54.1 Å². The SMILES string of the molecule is C=O.CCCC(=O)NCN.CNC(CCSC)C(=O)O.Cc1ccc(NS)cc1-c1ccccc1. The first kappa shape index (κ1) is 34.6. The van der Waals surface area contributed by atoms with E-state index in [0.29, 0.717) is 12.8 Å². The summed E-state index contributed by atoms with van der Waals surface area (Å²) in [5, 5.41) is 13.7. The molecule has 1 atom stereocenters. The van der Waals surface area contributed by atoms with E-state index in [9.17, 15) is 9.59 Å². The molecule has 0 aliphatic carbocycles. The van der Waals surface area contributed by atoms with Gasteiger partial charge in [0.15, 0.2) is 0 Å². The lowest BCUT2D eigenvalue weighted by Gasteiger charge is -2.08. The van der Waals surface area contributed by atoms with Gasteiger partial charge in [-0.3, -0.25) is 9.59 Å². The molecule has 0 saturated heterocycles. The number of aryl methyl sites for hydroxylation is 1. The van der Waals surface area contributed by atoms with Gasteiger partial charge in [0.2, 0.25) is 5.91 Å². The Morgan fingerprint density at radius 2 is 1.80 bits per heavy atom. The van der Waals surface area contributed by atoms with Crippen molar-refractivity contribution in [3.8, 4) is 11.1 Å². The number of carbonyl (C=O) groups excluding carboxylic acids is 2. The molecule has 0 radical (unpaired) electrons. The first-order chi connectivity index (χ1) is 16.8. The summed E-state index contributed by atoms with van der Waals surface area (Å²) in [5.74, 6) is 0.157. The van der Waals surface area contributed by atoms with Crippen LogP contribution in [0.2, 0.25) is 0 Å². The summed E-state index contributed by atoms with van der Waals surface area (Å²) in [6.45, 7) is 6.32. The van der Waals surface area contributed by atoms with Crippen LogP contribution in [0.3, 0.4) is 0 Å². The number of carboxylic acids is 1. The standard InChI is InChI=1S/C13H13NS.C6H13NO2S.C5H12N2O.CH2O/c1-10-7-8-12(14-15)9-13(10)11-5-3-2-4-6-11;1-7-5(6(8)9)3-4-10-2;1-2-3-5(8)7-4-6;1-2/h2-9,14-15H,1H3;5,7H,3-4H2,1-2H3,(H,8,9);2-4,6H2,1H3,(H,7,8);1H2. The molecule has 2 aromatic carbocycles. The van der Waals surface area contributed by atoms with Gasteiger partial charge in [-0.05, 0) is 67.6 Å². The molecular formula is C25H40N4O4S2. The molecule has 196 valence electrons. The summed E-state index contributed by atoms with van der Waals surface area (Å²) in [5.41, 5.74) is 9.80. The van der Waals surface area contributed by atoms with E-state index in [1.807, 2.05) is 32.1 Å². The fourth-order valence-electron chi connectivity index (χ4n) is 2.68. The lowest BCUT2D eigenvalue weighted by atomic mass is 10.0. The molecule has 0 bridgehead atoms. The molecule has 0 spiro atoms. The number of likely N-dealkylation sites (N-methyl/N-ethyl adjacent to an activating group) is 1. The Morgan fingerprint density at radius 1 is 1.17 bits per heavy atom. The van der Waals surface area contributed by atoms with E-state index < -0.39 is 5.97 Å². The van der Waals surface area contributed by atoms with Crippen LogP contribution in [0, 0.1) is 6.92 Å². The summed E-state index contributed by atoms with van der Waals surface area (Å²) in [4.78, 5) is 28.8. The van der Waals surface area contributed by atoms with Crippen molar-refractivity contribution in [2.45, 2.75) is 39.2 Å². The molecule has 6 N–H and O–H groups in total. The van der Waals surface area contributed by atoms with Crippen molar-refractivity contribution in [1.82, 2.24) is 10.6 Å². The Bertz CT molecular complexity index is 818. The van der Waals surface area contributed by atoms with Crippen LogP contribution in [0.15, 0.2) is 48.5 Å². The van der Waals surface area contributed by atoms with Gasteiger partial charge >= 0.3 is 5.97 Å². The van der Waals surface area contributed by atoms with Crippen LogP contribution in [0.1, 0.15) is 31.7 Å². The van der Waals surface area contributed by atoms with Crippen LogP contribution < -0.4 is 21.1 Å². The number of thiol groups is 1. The lowest BCUT2D eigenvalue weighted by molar-refractivity contribution is -0.139. The van der Waals surface area contributed by atoms with Gasteiger partial charge in [-0.25, -0.2) is 0 Å². The van der Waals surface area contributed by atoms with Gasteiger partial charge in [-0.15, -0.1) is 0 Å². The number of anilines is 1. The van der Waals surface area contributed by atoms with Crippen LogP contribution in [0.25, 0.3) is 11.1 Å². The maximum Gasteiger partial charge on any atom is 0.320 e. The third-order valence-electron chi connectivity index (χ3n) is 4.48. The van der Waals surface area contributed by atoms with Crippen LogP contribution >= 0.6 is 24.6 Å². The van der Waals surface area contributed by atoms with Crippen molar-refractivity contribution >= 4 is 48.9 Å². The number of hydrogen-bond acceptors (Lipinski definition) is 8. The number of thioether (sulfide) groups is 1. The number of rotatable bonds is 10. The molecule has 0 aliphatic heterocycles. The van der Waals surface area contributed by atoms with Crippen LogP contribution in [-0.2, 0) is 14.4 Å². The Balaban J connectivity index is 0. The largest absolute Gasteiger partial charge is 0.480 e. The van der Waals surface area contributed by atoms with Crippen molar-refractivity contribution < 1.29 is 19.5 Å². The van der Waals surface area contributed by atoms with Gasteiger partial charge < -0.3 is 31.0 Å². The lowest BCUT2D eigenvalue weighted by Crippen LogP contribution is -2.34. The van der Waals surface area contributed by atoms with Crippen LogP contribution in [0.4, 0.5) is 5.69 Å². The van der Waals surface area contributed by atoms with E-state index in [1.54, 1.807) is 18.8 Å². The number of carboxylic acid groups (broad SMARTS) is 1. The van der Waals surface area contributed by atoms with Crippen LogP contribution in [0.5, 0.6) is 0 Å². The van der Waals surface area contributed by atoms with Gasteiger partial charge in [0.05, 0.1) is 6.67 Å². The first-order valence-electron chi connectivity index (χ1n) is 11.0. The second-order valence-electron chi connectivity index (χ2n) is 7.02. The molecule has 1 amide bonds. The van der Waals surface area contributed by atoms with Gasteiger partial charge in [0.25, 0.3) is 0 Å². The first-order valence-corrected chi connectivity index (χ1v) is 12.9. The van der Waals surface area contributed by atoms with E-state index in [-0.39, 0.29) is 18.6 Å². The number of aliphatic carboxylic acids is 1. The number of nitrogens with one attached hydrogen (secondary N) is 3. The number of nitrogens with two attached hydrogens (primary N) is 1. The normalized spacial score (nSPS) is 10.1. The molecule has 0 aliphatic rings. The van der Waals surface area contributed by atoms with E-state index in [2.05, 4.69) is 71.5 Å². The quantitative estimate of drug-likeness (QED) is 0.203. The maximum atomic E-state index is 10.5. The zero-order chi connectivity index (χ0) is 27.1. The summed E-state index contributed by atoms with van der Waals surface area (Å²) in [7, 11) is 1.67. The fourth-order valence-corrected chi connectivity index (χ4v) is 3.29. The molecule has 0 aromatic heterocycles. The Morgan fingerprint density at radius 3 is 2.26 bits per heavy atom. The maximum absolute atomic E-state index is 10.5. The van der Waals surface area contributed by atoms with Crippen molar-refractivity contribution in [2.24, 2.45) is 5.73 Å². The number of carbonyl (C=O) groups is 3. The molecule has 8 nitrogen and oxygen atoms in total. The molecule has 35 heavy (non-hydrogen) atoms. The predicted molar refractivity (Wildman–Crippen MR) is 152 cm³/mol. The molecule has 2 rings (SSSR count). The highest BCUT2D eigenvalue weighted by Crippen LogP contribution is 2.26. The Kier molecular flexibility index (Phi) is 23.0. The van der Waals surface area contributed by atoms with Crippen molar-refractivity contribution in [1.29, 1.82) is 0 Å². The summed E-state index contributed by atoms with van der Waals surface area (Å²) >= 11 is 5.71. The van der Waals surface area contributed by atoms with E-state index >= 15 is 0 Å². The smallest absolute Gasteiger partial charge is 0.320 e. The molecule has 0 heterocycles. The zero-order valence-corrected chi connectivity index (χ0v) is 22.8. The topological polar surface area (TPSA) is 134 Å². The monoisotopic (exact) mass is 524 g/mol. The molecule has 1 unspecified atom stereocenters. The summed E-state index contributed by atoms with van der Waals surface area (Å²) in [6.07, 6.45) is 4.12. The van der Waals surface area contributed by atoms with Crippen LogP contribution in [-0.4, -0.2) is 55.5 Å². The minimum absolute atomic E-state index is 0.0370. The highest BCUT2D eigenvalue weighted by atomic mass is 32.2. The summed E-state index contributed by atoms with van der Waals surface area (Å²) in [6, 6.07) is 16.2. The average Bonchev–Trinajstić information content (AvgIpc) is 2.87. The highest BCUT2D eigenvalue weighted by molar-refractivity contribution is 7.98. The Labute approximate surface area is 219 Å². The molecule has 10 heteroatoms. The zero-order valence-electron chi connectivity index (χ0n) is 21.0. The minimum Gasteiger partial charge on any atom is -0.480 e. The van der Waals surface area contributed by atoms with Gasteiger partial charge in [-0.1, -0.05) is 56.1 Å². The van der Waals surface area contributed by atoms with Gasteiger partial charge in [-0.2, -0.15) is 11.8 Å². The second-order valence-corrected chi connectivity index (χ2v) is 8.23. The molecule has 2 aromatic rings.